The van der Waals surface area contributed by atoms with Crippen molar-refractivity contribution in [3.05, 3.63) is 0 Å². The Labute approximate surface area is 62.6 Å². The van der Waals surface area contributed by atoms with Gasteiger partial charge in [0.1, 0.15) is 5.92 Å². The molecular formula is C6H10F3NO. The summed E-state index contributed by atoms with van der Waals surface area (Å²) in [6.07, 6.45) is -4.51. The van der Waals surface area contributed by atoms with E-state index in [1.807, 2.05) is 0 Å². The molecule has 1 unspecified atom stereocenters. The molecule has 0 aromatic heterocycles. The molecule has 2 nitrogen and oxygen atoms in total. The molecule has 5 heteroatoms. The van der Waals surface area contributed by atoms with Gasteiger partial charge in [-0.1, -0.05) is 13.8 Å². The third-order valence-corrected chi connectivity index (χ3v) is 1.33. The van der Waals surface area contributed by atoms with Crippen LogP contribution in [0, 0.1) is 11.8 Å². The molecular weight excluding hydrogens is 159 g/mol. The van der Waals surface area contributed by atoms with Crippen molar-refractivity contribution in [2.45, 2.75) is 20.0 Å². The summed E-state index contributed by atoms with van der Waals surface area (Å²) in [5, 5.41) is 0. The van der Waals surface area contributed by atoms with Crippen LogP contribution in [0.2, 0.25) is 0 Å². The number of alkyl halides is 3. The van der Waals surface area contributed by atoms with Crippen molar-refractivity contribution in [3.8, 4) is 0 Å². The van der Waals surface area contributed by atoms with Gasteiger partial charge in [-0.25, -0.2) is 0 Å². The fraction of sp³-hybridized carbons (Fsp3) is 0.833. The van der Waals surface area contributed by atoms with Gasteiger partial charge < -0.3 is 5.73 Å². The molecule has 0 aliphatic carbocycles. The summed E-state index contributed by atoms with van der Waals surface area (Å²) in [5.41, 5.74) is 4.56. The first-order valence-electron chi connectivity index (χ1n) is 3.13. The molecule has 0 rings (SSSR count). The molecule has 0 heterocycles. The van der Waals surface area contributed by atoms with Gasteiger partial charge >= 0.3 is 6.18 Å². The zero-order valence-corrected chi connectivity index (χ0v) is 6.27. The molecule has 1 atom stereocenters. The summed E-state index contributed by atoms with van der Waals surface area (Å²) in [6, 6.07) is 0. The Bertz CT molecular complexity index is 152. The monoisotopic (exact) mass is 169 g/mol. The van der Waals surface area contributed by atoms with Crippen LogP contribution in [0.25, 0.3) is 0 Å². The van der Waals surface area contributed by atoms with Gasteiger partial charge in [0, 0.05) is 0 Å². The van der Waals surface area contributed by atoms with Crippen LogP contribution >= 0.6 is 0 Å². The molecule has 0 bridgehead atoms. The maximum absolute atomic E-state index is 11.9. The van der Waals surface area contributed by atoms with E-state index in [1.54, 1.807) is 0 Å². The van der Waals surface area contributed by atoms with Crippen LogP contribution in [-0.2, 0) is 4.79 Å². The lowest BCUT2D eigenvalue weighted by atomic mass is 9.95. The first-order valence-corrected chi connectivity index (χ1v) is 3.13. The Morgan fingerprint density at radius 2 is 1.73 bits per heavy atom. The zero-order valence-electron chi connectivity index (χ0n) is 6.27. The van der Waals surface area contributed by atoms with E-state index >= 15 is 0 Å². The van der Waals surface area contributed by atoms with Crippen molar-refractivity contribution in [1.82, 2.24) is 0 Å². The van der Waals surface area contributed by atoms with Crippen LogP contribution < -0.4 is 5.73 Å². The van der Waals surface area contributed by atoms with Crippen molar-refractivity contribution >= 4 is 5.91 Å². The van der Waals surface area contributed by atoms with Gasteiger partial charge in [-0.3, -0.25) is 4.79 Å². The van der Waals surface area contributed by atoms with E-state index in [-0.39, 0.29) is 0 Å². The molecule has 0 aromatic rings. The summed E-state index contributed by atoms with van der Waals surface area (Å²) in [4.78, 5) is 10.3. The molecule has 2 N–H and O–H groups in total. The van der Waals surface area contributed by atoms with Crippen molar-refractivity contribution < 1.29 is 18.0 Å². The van der Waals surface area contributed by atoms with E-state index in [0.717, 1.165) is 0 Å². The molecule has 0 saturated carbocycles. The average Bonchev–Trinajstić information content (AvgIpc) is 1.54. The van der Waals surface area contributed by atoms with Crippen LogP contribution in [0.4, 0.5) is 13.2 Å². The van der Waals surface area contributed by atoms with E-state index in [4.69, 9.17) is 0 Å². The van der Waals surface area contributed by atoms with E-state index in [9.17, 15) is 18.0 Å². The average molecular weight is 169 g/mol. The summed E-state index contributed by atoms with van der Waals surface area (Å²) in [5.74, 6) is -4.14. The SMILES string of the molecule is CC(C)C(C(N)=O)C(F)(F)F. The number of hydrogen-bond donors (Lipinski definition) is 1. The maximum Gasteiger partial charge on any atom is 0.400 e. The van der Waals surface area contributed by atoms with Crippen molar-refractivity contribution in [2.24, 2.45) is 17.6 Å². The Balaban J connectivity index is 4.49. The highest BCUT2D eigenvalue weighted by atomic mass is 19.4. The Morgan fingerprint density at radius 1 is 1.36 bits per heavy atom. The molecule has 66 valence electrons. The van der Waals surface area contributed by atoms with E-state index < -0.39 is 23.9 Å². The van der Waals surface area contributed by atoms with Crippen molar-refractivity contribution in [2.75, 3.05) is 0 Å². The van der Waals surface area contributed by atoms with Gasteiger partial charge in [0.15, 0.2) is 0 Å². The zero-order chi connectivity index (χ0) is 9.23. The van der Waals surface area contributed by atoms with Crippen LogP contribution in [0.1, 0.15) is 13.8 Å². The van der Waals surface area contributed by atoms with Gasteiger partial charge in [-0.2, -0.15) is 13.2 Å². The van der Waals surface area contributed by atoms with E-state index in [1.165, 1.54) is 13.8 Å². The minimum absolute atomic E-state index is 0.799. The topological polar surface area (TPSA) is 43.1 Å². The lowest BCUT2D eigenvalue weighted by molar-refractivity contribution is -0.189. The van der Waals surface area contributed by atoms with Gasteiger partial charge in [0.25, 0.3) is 0 Å². The van der Waals surface area contributed by atoms with Gasteiger partial charge in [-0.15, -0.1) is 0 Å². The largest absolute Gasteiger partial charge is 0.400 e. The molecule has 1 amide bonds. The summed E-state index contributed by atoms with van der Waals surface area (Å²) in [7, 11) is 0. The highest BCUT2D eigenvalue weighted by Gasteiger charge is 2.45. The third kappa shape index (κ3) is 2.78. The van der Waals surface area contributed by atoms with Crippen molar-refractivity contribution in [1.29, 1.82) is 0 Å². The van der Waals surface area contributed by atoms with E-state index in [0.29, 0.717) is 0 Å². The Kier molecular flexibility index (Phi) is 2.90. The summed E-state index contributed by atoms with van der Waals surface area (Å²) >= 11 is 0. The number of amides is 1. The first kappa shape index (κ1) is 10.3. The molecule has 0 saturated heterocycles. The molecule has 0 aliphatic rings. The predicted molar refractivity (Wildman–Crippen MR) is 33.6 cm³/mol. The van der Waals surface area contributed by atoms with E-state index in [2.05, 4.69) is 5.73 Å². The molecule has 0 aromatic carbocycles. The number of nitrogens with two attached hydrogens (primary N) is 1. The minimum Gasteiger partial charge on any atom is -0.369 e. The number of rotatable bonds is 2. The second-order valence-electron chi connectivity index (χ2n) is 2.67. The minimum atomic E-state index is -4.51. The van der Waals surface area contributed by atoms with Gasteiger partial charge in [0.2, 0.25) is 5.91 Å². The number of carbonyl (C=O) groups is 1. The van der Waals surface area contributed by atoms with Crippen LogP contribution in [-0.4, -0.2) is 12.1 Å². The standard InChI is InChI=1S/C6H10F3NO/c1-3(2)4(5(10)11)6(7,8)9/h3-4H,1-2H3,(H2,10,11). The van der Waals surface area contributed by atoms with Gasteiger partial charge in [0.05, 0.1) is 0 Å². The normalized spacial score (nSPS) is 15.1. The molecule has 0 aliphatic heterocycles. The second-order valence-corrected chi connectivity index (χ2v) is 2.67. The number of carbonyl (C=O) groups excluding carboxylic acids is 1. The van der Waals surface area contributed by atoms with Crippen LogP contribution in [0.3, 0.4) is 0 Å². The third-order valence-electron chi connectivity index (χ3n) is 1.33. The second kappa shape index (κ2) is 3.11. The molecule has 0 radical (unpaired) electrons. The lowest BCUT2D eigenvalue weighted by Gasteiger charge is -2.19. The number of primary amides is 1. The highest BCUT2D eigenvalue weighted by molar-refractivity contribution is 5.77. The summed E-state index contributed by atoms with van der Waals surface area (Å²) in [6.45, 7) is 2.62. The smallest absolute Gasteiger partial charge is 0.369 e. The molecule has 11 heavy (non-hydrogen) atoms. The first-order chi connectivity index (χ1) is 4.76. The van der Waals surface area contributed by atoms with Gasteiger partial charge in [-0.05, 0) is 5.92 Å². The van der Waals surface area contributed by atoms with Crippen LogP contribution in [0.15, 0.2) is 0 Å². The van der Waals surface area contributed by atoms with Crippen molar-refractivity contribution in [3.63, 3.8) is 0 Å². The predicted octanol–water partition coefficient (Wildman–Crippen LogP) is 1.31. The van der Waals surface area contributed by atoms with Crippen LogP contribution in [0.5, 0.6) is 0 Å². The fourth-order valence-electron chi connectivity index (χ4n) is 0.868. The highest BCUT2D eigenvalue weighted by Crippen LogP contribution is 2.31. The molecule has 0 fully saturated rings. The lowest BCUT2D eigenvalue weighted by Crippen LogP contribution is -2.39. The fourth-order valence-corrected chi connectivity index (χ4v) is 0.868. The molecule has 0 spiro atoms. The Hall–Kier alpha value is -0.740. The quantitative estimate of drug-likeness (QED) is 0.665. The number of hydrogen-bond acceptors (Lipinski definition) is 1. The number of halogens is 3. The Morgan fingerprint density at radius 3 is 1.73 bits per heavy atom. The summed E-state index contributed by atoms with van der Waals surface area (Å²) < 4.78 is 35.8. The maximum atomic E-state index is 11.9.